The SMILES string of the molecule is CC(C)(CO)c1nc2c(C#N)cccc2[nH]1. The fourth-order valence-corrected chi connectivity index (χ4v) is 1.52. The Labute approximate surface area is 93.6 Å². The highest BCUT2D eigenvalue weighted by atomic mass is 16.3. The second-order valence-corrected chi connectivity index (χ2v) is 4.44. The molecule has 1 aromatic heterocycles. The van der Waals surface area contributed by atoms with Crippen molar-refractivity contribution in [1.82, 2.24) is 9.97 Å². The molecule has 4 heteroatoms. The first kappa shape index (κ1) is 10.7. The van der Waals surface area contributed by atoms with Gasteiger partial charge in [0.1, 0.15) is 17.4 Å². The maximum absolute atomic E-state index is 9.27. The van der Waals surface area contributed by atoms with Crippen LogP contribution in [0.3, 0.4) is 0 Å². The molecule has 2 N–H and O–H groups in total. The molecule has 0 bridgehead atoms. The summed E-state index contributed by atoms with van der Waals surface area (Å²) in [6, 6.07) is 7.53. The third-order valence-electron chi connectivity index (χ3n) is 2.67. The Kier molecular flexibility index (Phi) is 2.41. The molecule has 2 rings (SSSR count). The third kappa shape index (κ3) is 1.55. The molecule has 0 aliphatic heterocycles. The van der Waals surface area contributed by atoms with Crippen LogP contribution in [0.4, 0.5) is 0 Å². The molecule has 0 saturated carbocycles. The molecule has 16 heavy (non-hydrogen) atoms. The van der Waals surface area contributed by atoms with E-state index in [9.17, 15) is 5.11 Å². The number of fused-ring (bicyclic) bond motifs is 1. The Morgan fingerprint density at radius 1 is 1.50 bits per heavy atom. The van der Waals surface area contributed by atoms with Gasteiger partial charge in [0, 0.05) is 5.41 Å². The van der Waals surface area contributed by atoms with Crippen LogP contribution in [0.25, 0.3) is 11.0 Å². The Morgan fingerprint density at radius 2 is 2.25 bits per heavy atom. The zero-order chi connectivity index (χ0) is 11.8. The van der Waals surface area contributed by atoms with Crippen molar-refractivity contribution < 1.29 is 5.11 Å². The zero-order valence-electron chi connectivity index (χ0n) is 9.28. The summed E-state index contributed by atoms with van der Waals surface area (Å²) in [5.74, 6) is 0.702. The number of benzene rings is 1. The fourth-order valence-electron chi connectivity index (χ4n) is 1.52. The molecule has 0 saturated heterocycles. The number of aliphatic hydroxyl groups excluding tert-OH is 1. The lowest BCUT2D eigenvalue weighted by Gasteiger charge is -2.17. The summed E-state index contributed by atoms with van der Waals surface area (Å²) in [5, 5.41) is 18.2. The quantitative estimate of drug-likeness (QED) is 0.800. The van der Waals surface area contributed by atoms with Gasteiger partial charge in [0.2, 0.25) is 0 Å². The summed E-state index contributed by atoms with van der Waals surface area (Å²) < 4.78 is 0. The van der Waals surface area contributed by atoms with E-state index in [-0.39, 0.29) is 6.61 Å². The van der Waals surface area contributed by atoms with Gasteiger partial charge in [-0.2, -0.15) is 5.26 Å². The van der Waals surface area contributed by atoms with Crippen molar-refractivity contribution in [2.75, 3.05) is 6.61 Å². The highest BCUT2D eigenvalue weighted by Gasteiger charge is 2.23. The molecule has 0 aliphatic carbocycles. The van der Waals surface area contributed by atoms with Crippen LogP contribution in [0.1, 0.15) is 25.2 Å². The number of nitriles is 1. The highest BCUT2D eigenvalue weighted by Crippen LogP contribution is 2.24. The van der Waals surface area contributed by atoms with Gasteiger partial charge in [0.15, 0.2) is 0 Å². The lowest BCUT2D eigenvalue weighted by molar-refractivity contribution is 0.213. The Bertz CT molecular complexity index is 563. The molecule has 0 atom stereocenters. The summed E-state index contributed by atoms with van der Waals surface area (Å²) in [7, 11) is 0. The molecular formula is C12H13N3O. The van der Waals surface area contributed by atoms with Crippen LogP contribution in [0, 0.1) is 11.3 Å². The van der Waals surface area contributed by atoms with Crippen LogP contribution in [-0.2, 0) is 5.41 Å². The predicted octanol–water partition coefficient (Wildman–Crippen LogP) is 1.70. The smallest absolute Gasteiger partial charge is 0.115 e. The van der Waals surface area contributed by atoms with E-state index in [0.29, 0.717) is 16.9 Å². The number of aromatic amines is 1. The maximum atomic E-state index is 9.27. The summed E-state index contributed by atoms with van der Waals surface area (Å²) in [4.78, 5) is 7.53. The van der Waals surface area contributed by atoms with Crippen LogP contribution in [0.15, 0.2) is 18.2 Å². The topological polar surface area (TPSA) is 72.7 Å². The molecule has 1 aromatic carbocycles. The number of hydrogen-bond acceptors (Lipinski definition) is 3. The van der Waals surface area contributed by atoms with E-state index in [4.69, 9.17) is 5.26 Å². The lowest BCUT2D eigenvalue weighted by Crippen LogP contribution is -2.23. The van der Waals surface area contributed by atoms with Crippen LogP contribution < -0.4 is 0 Å². The highest BCUT2D eigenvalue weighted by molar-refractivity contribution is 5.81. The first-order valence-corrected chi connectivity index (χ1v) is 5.08. The van der Waals surface area contributed by atoms with Gasteiger partial charge in [-0.15, -0.1) is 0 Å². The Balaban J connectivity index is 2.66. The molecule has 0 aliphatic rings. The van der Waals surface area contributed by atoms with Crippen molar-refractivity contribution in [3.05, 3.63) is 29.6 Å². The van der Waals surface area contributed by atoms with Gasteiger partial charge in [-0.1, -0.05) is 19.9 Å². The van der Waals surface area contributed by atoms with Crippen molar-refractivity contribution >= 4 is 11.0 Å². The van der Waals surface area contributed by atoms with Gasteiger partial charge in [-0.3, -0.25) is 0 Å². The second kappa shape index (κ2) is 3.62. The first-order valence-electron chi connectivity index (χ1n) is 5.08. The predicted molar refractivity (Wildman–Crippen MR) is 60.9 cm³/mol. The summed E-state index contributed by atoms with van der Waals surface area (Å²) in [6.07, 6.45) is 0. The van der Waals surface area contributed by atoms with Crippen LogP contribution >= 0.6 is 0 Å². The summed E-state index contributed by atoms with van der Waals surface area (Å²) >= 11 is 0. The number of H-pyrrole nitrogens is 1. The molecule has 82 valence electrons. The van der Waals surface area contributed by atoms with E-state index in [2.05, 4.69) is 16.0 Å². The standard InChI is InChI=1S/C12H13N3O/c1-12(2,7-16)11-14-9-5-3-4-8(6-13)10(9)15-11/h3-5,16H,7H2,1-2H3,(H,14,15). The molecule has 0 amide bonds. The fraction of sp³-hybridized carbons (Fsp3) is 0.333. The number of para-hydroxylation sites is 1. The van der Waals surface area contributed by atoms with E-state index < -0.39 is 5.41 Å². The van der Waals surface area contributed by atoms with Crippen molar-refractivity contribution in [2.24, 2.45) is 0 Å². The number of imidazole rings is 1. The van der Waals surface area contributed by atoms with E-state index in [1.54, 1.807) is 6.07 Å². The average molecular weight is 215 g/mol. The lowest BCUT2D eigenvalue weighted by atomic mass is 9.94. The van der Waals surface area contributed by atoms with Crippen LogP contribution in [0.2, 0.25) is 0 Å². The minimum atomic E-state index is -0.425. The molecule has 0 radical (unpaired) electrons. The van der Waals surface area contributed by atoms with Crippen molar-refractivity contribution in [1.29, 1.82) is 5.26 Å². The third-order valence-corrected chi connectivity index (χ3v) is 2.67. The van der Waals surface area contributed by atoms with Crippen LogP contribution in [-0.4, -0.2) is 21.7 Å². The van der Waals surface area contributed by atoms with E-state index in [0.717, 1.165) is 5.52 Å². The van der Waals surface area contributed by atoms with Gasteiger partial charge in [0.25, 0.3) is 0 Å². The summed E-state index contributed by atoms with van der Waals surface area (Å²) in [6.45, 7) is 3.81. The number of rotatable bonds is 2. The minimum Gasteiger partial charge on any atom is -0.395 e. The second-order valence-electron chi connectivity index (χ2n) is 4.44. The number of nitrogens with zero attached hydrogens (tertiary/aromatic N) is 2. The molecular weight excluding hydrogens is 202 g/mol. The van der Waals surface area contributed by atoms with Crippen LogP contribution in [0.5, 0.6) is 0 Å². The first-order chi connectivity index (χ1) is 7.58. The molecule has 0 unspecified atom stereocenters. The number of hydrogen-bond donors (Lipinski definition) is 2. The van der Waals surface area contributed by atoms with Gasteiger partial charge in [0.05, 0.1) is 17.7 Å². The maximum Gasteiger partial charge on any atom is 0.115 e. The van der Waals surface area contributed by atoms with Gasteiger partial charge in [-0.25, -0.2) is 4.98 Å². The molecule has 0 fully saturated rings. The summed E-state index contributed by atoms with van der Waals surface area (Å²) in [5.41, 5.74) is 1.62. The van der Waals surface area contributed by atoms with Crippen molar-refractivity contribution in [2.45, 2.75) is 19.3 Å². The monoisotopic (exact) mass is 215 g/mol. The number of aliphatic hydroxyl groups is 1. The Morgan fingerprint density at radius 3 is 2.88 bits per heavy atom. The van der Waals surface area contributed by atoms with Gasteiger partial charge >= 0.3 is 0 Å². The van der Waals surface area contributed by atoms with Gasteiger partial charge in [-0.05, 0) is 12.1 Å². The molecule has 0 spiro atoms. The molecule has 2 aromatic rings. The zero-order valence-corrected chi connectivity index (χ0v) is 9.28. The Hall–Kier alpha value is -1.86. The normalized spacial score (nSPS) is 11.6. The van der Waals surface area contributed by atoms with E-state index in [1.165, 1.54) is 0 Å². The van der Waals surface area contributed by atoms with Crippen molar-refractivity contribution in [3.63, 3.8) is 0 Å². The molecule has 4 nitrogen and oxygen atoms in total. The molecule has 1 heterocycles. The number of aromatic nitrogens is 2. The largest absolute Gasteiger partial charge is 0.395 e. The minimum absolute atomic E-state index is 0.00864. The van der Waals surface area contributed by atoms with E-state index >= 15 is 0 Å². The van der Waals surface area contributed by atoms with Crippen molar-refractivity contribution in [3.8, 4) is 6.07 Å². The average Bonchev–Trinajstić information content (AvgIpc) is 2.73. The van der Waals surface area contributed by atoms with Gasteiger partial charge < -0.3 is 10.1 Å². The number of nitrogens with one attached hydrogen (secondary N) is 1. The van der Waals surface area contributed by atoms with E-state index in [1.807, 2.05) is 26.0 Å².